The third kappa shape index (κ3) is 3.09. The standard InChI is InChI=1S/C21H21N3OS2/c1-12-5-10-16-17(11-12)23-21(3,4)19-18(16)20(26)24(27-19)15-8-6-14(7-9-15)22-13(2)25/h5-11,23H,1-4H3,(H,22,25). The number of amides is 1. The third-order valence-corrected chi connectivity index (χ3v) is 6.66. The first kappa shape index (κ1) is 17.9. The summed E-state index contributed by atoms with van der Waals surface area (Å²) in [7, 11) is 0. The van der Waals surface area contributed by atoms with Crippen LogP contribution in [0, 0.1) is 11.6 Å². The molecule has 2 N–H and O–H groups in total. The van der Waals surface area contributed by atoms with Gasteiger partial charge in [0.1, 0.15) is 4.64 Å². The lowest BCUT2D eigenvalue weighted by molar-refractivity contribution is -0.114. The van der Waals surface area contributed by atoms with Gasteiger partial charge in [-0.05, 0) is 56.7 Å². The van der Waals surface area contributed by atoms with Crippen LogP contribution in [0.15, 0.2) is 42.5 Å². The molecule has 1 amide bonds. The van der Waals surface area contributed by atoms with Crippen molar-refractivity contribution in [3.63, 3.8) is 0 Å². The smallest absolute Gasteiger partial charge is 0.221 e. The number of hydrogen-bond acceptors (Lipinski definition) is 4. The summed E-state index contributed by atoms with van der Waals surface area (Å²) in [5.41, 5.74) is 6.23. The summed E-state index contributed by atoms with van der Waals surface area (Å²) in [4.78, 5) is 12.5. The van der Waals surface area contributed by atoms with Gasteiger partial charge >= 0.3 is 0 Å². The van der Waals surface area contributed by atoms with Crippen molar-refractivity contribution >= 4 is 41.0 Å². The van der Waals surface area contributed by atoms with Crippen molar-refractivity contribution in [1.29, 1.82) is 0 Å². The van der Waals surface area contributed by atoms with Crippen LogP contribution in [0.5, 0.6) is 0 Å². The molecule has 2 aromatic carbocycles. The molecule has 2 heterocycles. The third-order valence-electron chi connectivity index (χ3n) is 4.69. The molecule has 3 aromatic rings. The number of aromatic nitrogens is 1. The van der Waals surface area contributed by atoms with Gasteiger partial charge in [-0.2, -0.15) is 0 Å². The number of rotatable bonds is 2. The van der Waals surface area contributed by atoms with Crippen LogP contribution in [0.4, 0.5) is 11.4 Å². The monoisotopic (exact) mass is 395 g/mol. The van der Waals surface area contributed by atoms with E-state index in [4.69, 9.17) is 12.2 Å². The molecule has 1 aliphatic heterocycles. The van der Waals surface area contributed by atoms with Gasteiger partial charge in [-0.3, -0.25) is 8.75 Å². The molecule has 4 rings (SSSR count). The van der Waals surface area contributed by atoms with E-state index < -0.39 is 0 Å². The van der Waals surface area contributed by atoms with E-state index in [0.717, 1.165) is 32.8 Å². The summed E-state index contributed by atoms with van der Waals surface area (Å²) in [6, 6.07) is 14.2. The Hall–Kier alpha value is -2.44. The van der Waals surface area contributed by atoms with Crippen LogP contribution in [0.25, 0.3) is 16.8 Å². The van der Waals surface area contributed by atoms with Crippen LogP contribution in [-0.4, -0.2) is 9.86 Å². The molecular formula is C21H21N3OS2. The molecule has 0 atom stereocenters. The highest BCUT2D eigenvalue weighted by Crippen LogP contribution is 2.47. The Labute approximate surface area is 168 Å². The summed E-state index contributed by atoms with van der Waals surface area (Å²) < 4.78 is 2.91. The molecule has 138 valence electrons. The van der Waals surface area contributed by atoms with Gasteiger partial charge < -0.3 is 10.6 Å². The van der Waals surface area contributed by atoms with Gasteiger partial charge in [-0.25, -0.2) is 0 Å². The Bertz CT molecular complexity index is 1110. The molecule has 6 heteroatoms. The Kier molecular flexibility index (Phi) is 4.20. The summed E-state index contributed by atoms with van der Waals surface area (Å²) in [5.74, 6) is -0.0781. The summed E-state index contributed by atoms with van der Waals surface area (Å²) in [6.45, 7) is 7.98. The summed E-state index contributed by atoms with van der Waals surface area (Å²) >= 11 is 7.56. The van der Waals surface area contributed by atoms with Gasteiger partial charge in [0.25, 0.3) is 0 Å². The van der Waals surface area contributed by atoms with Gasteiger partial charge in [0, 0.05) is 29.4 Å². The van der Waals surface area contributed by atoms with Crippen molar-refractivity contribution in [1.82, 2.24) is 3.96 Å². The van der Waals surface area contributed by atoms with E-state index in [0.29, 0.717) is 0 Å². The number of fused-ring (bicyclic) bond motifs is 3. The molecule has 4 nitrogen and oxygen atoms in total. The molecule has 0 saturated carbocycles. The molecule has 0 spiro atoms. The Morgan fingerprint density at radius 3 is 2.56 bits per heavy atom. The average molecular weight is 396 g/mol. The zero-order chi connectivity index (χ0) is 19.3. The van der Waals surface area contributed by atoms with E-state index in [1.54, 1.807) is 11.5 Å². The van der Waals surface area contributed by atoms with E-state index in [2.05, 4.69) is 53.6 Å². The molecule has 0 fully saturated rings. The Balaban J connectivity index is 1.86. The normalized spacial score (nSPS) is 14.1. The predicted octanol–water partition coefficient (Wildman–Crippen LogP) is 5.86. The zero-order valence-corrected chi connectivity index (χ0v) is 17.3. The lowest BCUT2D eigenvalue weighted by Crippen LogP contribution is -2.30. The molecule has 1 aromatic heterocycles. The molecule has 0 radical (unpaired) electrons. The highest BCUT2D eigenvalue weighted by atomic mass is 32.1. The lowest BCUT2D eigenvalue weighted by atomic mass is 9.89. The maximum absolute atomic E-state index is 11.2. The molecular weight excluding hydrogens is 374 g/mol. The van der Waals surface area contributed by atoms with E-state index in [9.17, 15) is 4.79 Å². The Morgan fingerprint density at radius 2 is 1.89 bits per heavy atom. The quantitative estimate of drug-likeness (QED) is 0.534. The lowest BCUT2D eigenvalue weighted by Gasteiger charge is -2.33. The fourth-order valence-electron chi connectivity index (χ4n) is 3.47. The molecule has 0 saturated heterocycles. The predicted molar refractivity (Wildman–Crippen MR) is 116 cm³/mol. The van der Waals surface area contributed by atoms with Crippen LogP contribution in [0.3, 0.4) is 0 Å². The van der Waals surface area contributed by atoms with Crippen molar-refractivity contribution in [2.75, 3.05) is 10.6 Å². The number of nitrogens with one attached hydrogen (secondary N) is 2. The van der Waals surface area contributed by atoms with Crippen molar-refractivity contribution in [3.8, 4) is 16.8 Å². The van der Waals surface area contributed by atoms with Crippen molar-refractivity contribution in [3.05, 3.63) is 57.5 Å². The molecule has 0 bridgehead atoms. The highest BCUT2D eigenvalue weighted by molar-refractivity contribution is 7.71. The van der Waals surface area contributed by atoms with Crippen LogP contribution in [-0.2, 0) is 10.3 Å². The minimum absolute atomic E-state index is 0.0781. The minimum atomic E-state index is -0.199. The number of benzene rings is 2. The van der Waals surface area contributed by atoms with Crippen LogP contribution in [0.1, 0.15) is 31.2 Å². The molecule has 0 aliphatic carbocycles. The zero-order valence-electron chi connectivity index (χ0n) is 15.7. The van der Waals surface area contributed by atoms with Gasteiger partial charge in [0.2, 0.25) is 5.91 Å². The Morgan fingerprint density at radius 1 is 1.19 bits per heavy atom. The van der Waals surface area contributed by atoms with Crippen molar-refractivity contribution in [2.24, 2.45) is 0 Å². The molecule has 0 unspecified atom stereocenters. The highest BCUT2D eigenvalue weighted by Gasteiger charge is 2.34. The average Bonchev–Trinajstić information content (AvgIpc) is 2.93. The van der Waals surface area contributed by atoms with Crippen LogP contribution >= 0.6 is 23.8 Å². The van der Waals surface area contributed by atoms with Gasteiger partial charge in [-0.15, -0.1) is 0 Å². The number of aryl methyl sites for hydroxylation is 1. The molecule has 1 aliphatic rings. The number of nitrogens with zero attached hydrogens (tertiary/aromatic N) is 1. The number of carbonyl (C=O) groups is 1. The number of carbonyl (C=O) groups excluding carboxylic acids is 1. The van der Waals surface area contributed by atoms with E-state index >= 15 is 0 Å². The van der Waals surface area contributed by atoms with Crippen molar-refractivity contribution in [2.45, 2.75) is 33.2 Å². The SMILES string of the molecule is CC(=O)Nc1ccc(-n2sc3c(c2=S)-c2ccc(C)cc2NC3(C)C)cc1. The largest absolute Gasteiger partial charge is 0.375 e. The minimum Gasteiger partial charge on any atom is -0.375 e. The topological polar surface area (TPSA) is 46.1 Å². The fraction of sp³-hybridized carbons (Fsp3) is 0.238. The molecule has 27 heavy (non-hydrogen) atoms. The summed E-state index contributed by atoms with van der Waals surface area (Å²) in [6.07, 6.45) is 0. The second-order valence-electron chi connectivity index (χ2n) is 7.42. The fourth-order valence-corrected chi connectivity index (χ4v) is 5.12. The first-order chi connectivity index (χ1) is 12.8. The second kappa shape index (κ2) is 6.32. The van der Waals surface area contributed by atoms with Crippen molar-refractivity contribution < 1.29 is 4.79 Å². The number of hydrogen-bond donors (Lipinski definition) is 2. The van der Waals surface area contributed by atoms with Gasteiger partial charge in [0.05, 0.1) is 16.1 Å². The number of anilines is 2. The van der Waals surface area contributed by atoms with E-state index in [-0.39, 0.29) is 11.4 Å². The van der Waals surface area contributed by atoms with Gasteiger partial charge in [-0.1, -0.05) is 35.9 Å². The summed E-state index contributed by atoms with van der Waals surface area (Å²) in [5, 5.41) is 6.46. The van der Waals surface area contributed by atoms with E-state index in [1.807, 2.05) is 24.3 Å². The maximum Gasteiger partial charge on any atom is 0.221 e. The van der Waals surface area contributed by atoms with Gasteiger partial charge in [0.15, 0.2) is 0 Å². The van der Waals surface area contributed by atoms with E-state index in [1.165, 1.54) is 17.4 Å². The first-order valence-electron chi connectivity index (χ1n) is 8.80. The van der Waals surface area contributed by atoms with Crippen LogP contribution < -0.4 is 10.6 Å². The first-order valence-corrected chi connectivity index (χ1v) is 9.98. The maximum atomic E-state index is 11.2. The van der Waals surface area contributed by atoms with Crippen LogP contribution in [0.2, 0.25) is 0 Å². The second-order valence-corrected chi connectivity index (χ2v) is 8.76.